The van der Waals surface area contributed by atoms with Crippen LogP contribution in [0.25, 0.3) is 0 Å². The second-order valence-corrected chi connectivity index (χ2v) is 11.4. The van der Waals surface area contributed by atoms with Crippen molar-refractivity contribution in [3.8, 4) is 0 Å². The standard InChI is InChI=1S/C13H29NOSi/c1-13(2,3)16(5,6)15-12-10-8-7-9-11(12)14-4/h11-12,14H,7-10H2,1-6H3. The number of nitrogens with one attached hydrogen (secondary N) is 1. The summed E-state index contributed by atoms with van der Waals surface area (Å²) < 4.78 is 6.52. The van der Waals surface area contributed by atoms with Gasteiger partial charge >= 0.3 is 0 Å². The molecule has 0 saturated heterocycles. The fourth-order valence-corrected chi connectivity index (χ4v) is 3.52. The molecule has 1 fully saturated rings. The highest BCUT2D eigenvalue weighted by molar-refractivity contribution is 6.74. The van der Waals surface area contributed by atoms with Crippen LogP contribution in [0.15, 0.2) is 0 Å². The lowest BCUT2D eigenvalue weighted by Gasteiger charge is -2.43. The third-order valence-electron chi connectivity index (χ3n) is 4.33. The minimum Gasteiger partial charge on any atom is -0.412 e. The summed E-state index contributed by atoms with van der Waals surface area (Å²) in [6.07, 6.45) is 5.63. The number of likely N-dealkylation sites (N-methyl/N-ethyl adjacent to an activating group) is 1. The summed E-state index contributed by atoms with van der Waals surface area (Å²) in [6.45, 7) is 11.7. The predicted octanol–water partition coefficient (Wildman–Crippen LogP) is 3.54. The van der Waals surface area contributed by atoms with E-state index in [1.807, 2.05) is 0 Å². The first kappa shape index (κ1) is 14.2. The van der Waals surface area contributed by atoms with Crippen molar-refractivity contribution in [3.05, 3.63) is 0 Å². The largest absolute Gasteiger partial charge is 0.412 e. The maximum atomic E-state index is 6.52. The minimum atomic E-state index is -1.59. The van der Waals surface area contributed by atoms with Crippen molar-refractivity contribution in [3.63, 3.8) is 0 Å². The SMILES string of the molecule is CNC1CCCCC1O[Si](C)(C)C(C)(C)C. The lowest BCUT2D eigenvalue weighted by Crippen LogP contribution is -2.51. The maximum Gasteiger partial charge on any atom is 0.192 e. The van der Waals surface area contributed by atoms with Gasteiger partial charge in [-0.3, -0.25) is 0 Å². The van der Waals surface area contributed by atoms with Gasteiger partial charge in [0.2, 0.25) is 0 Å². The van der Waals surface area contributed by atoms with Crippen LogP contribution < -0.4 is 5.32 Å². The van der Waals surface area contributed by atoms with Crippen molar-refractivity contribution in [2.45, 2.75) is 76.7 Å². The summed E-state index contributed by atoms with van der Waals surface area (Å²) in [4.78, 5) is 0. The maximum absolute atomic E-state index is 6.52. The Morgan fingerprint density at radius 3 is 2.19 bits per heavy atom. The molecule has 1 aliphatic rings. The van der Waals surface area contributed by atoms with E-state index < -0.39 is 8.32 Å². The Morgan fingerprint density at radius 2 is 1.69 bits per heavy atom. The first-order chi connectivity index (χ1) is 7.28. The van der Waals surface area contributed by atoms with Gasteiger partial charge in [-0.05, 0) is 38.0 Å². The van der Waals surface area contributed by atoms with Gasteiger partial charge in [-0.25, -0.2) is 0 Å². The molecule has 2 atom stereocenters. The van der Waals surface area contributed by atoms with Crippen LogP contribution in [0.2, 0.25) is 18.1 Å². The van der Waals surface area contributed by atoms with Crippen LogP contribution >= 0.6 is 0 Å². The van der Waals surface area contributed by atoms with E-state index in [4.69, 9.17) is 4.43 Å². The molecule has 0 aromatic heterocycles. The smallest absolute Gasteiger partial charge is 0.192 e. The van der Waals surface area contributed by atoms with E-state index >= 15 is 0 Å². The molecule has 0 aliphatic heterocycles. The molecule has 2 unspecified atom stereocenters. The molecule has 0 radical (unpaired) electrons. The molecule has 2 nitrogen and oxygen atoms in total. The summed E-state index contributed by atoms with van der Waals surface area (Å²) >= 11 is 0. The molecule has 16 heavy (non-hydrogen) atoms. The van der Waals surface area contributed by atoms with Crippen LogP contribution in [0.4, 0.5) is 0 Å². The van der Waals surface area contributed by atoms with Gasteiger partial charge in [-0.15, -0.1) is 0 Å². The topological polar surface area (TPSA) is 21.3 Å². The summed E-state index contributed by atoms with van der Waals surface area (Å²) in [5.41, 5.74) is 0. The fourth-order valence-electron chi connectivity index (χ4n) is 2.12. The molecule has 0 spiro atoms. The van der Waals surface area contributed by atoms with E-state index in [2.05, 4.69) is 46.2 Å². The van der Waals surface area contributed by atoms with Gasteiger partial charge in [0.1, 0.15) is 0 Å². The number of hydrogen-bond acceptors (Lipinski definition) is 2. The van der Waals surface area contributed by atoms with Crippen molar-refractivity contribution >= 4 is 8.32 Å². The van der Waals surface area contributed by atoms with Crippen LogP contribution in [0.1, 0.15) is 46.5 Å². The fraction of sp³-hybridized carbons (Fsp3) is 1.00. The van der Waals surface area contributed by atoms with E-state index in [0.717, 1.165) is 0 Å². The van der Waals surface area contributed by atoms with Gasteiger partial charge in [0.05, 0.1) is 6.10 Å². The Balaban J connectivity index is 2.64. The lowest BCUT2D eigenvalue weighted by molar-refractivity contribution is 0.103. The van der Waals surface area contributed by atoms with Gasteiger partial charge in [0, 0.05) is 6.04 Å². The Hall–Kier alpha value is 0.137. The Morgan fingerprint density at radius 1 is 1.12 bits per heavy atom. The average molecular weight is 243 g/mol. The zero-order valence-corrected chi connectivity index (χ0v) is 12.9. The summed E-state index contributed by atoms with van der Waals surface area (Å²) in [5, 5.41) is 3.75. The molecule has 1 N–H and O–H groups in total. The van der Waals surface area contributed by atoms with Crippen LogP contribution in [0.3, 0.4) is 0 Å². The summed E-state index contributed by atoms with van der Waals surface area (Å²) in [5.74, 6) is 0. The predicted molar refractivity (Wildman–Crippen MR) is 73.4 cm³/mol. The highest BCUT2D eigenvalue weighted by Gasteiger charge is 2.40. The van der Waals surface area contributed by atoms with Crippen molar-refractivity contribution in [2.24, 2.45) is 0 Å². The van der Waals surface area contributed by atoms with Gasteiger partial charge in [0.15, 0.2) is 8.32 Å². The second-order valence-electron chi connectivity index (χ2n) is 6.60. The molecule has 1 rings (SSSR count). The van der Waals surface area contributed by atoms with Gasteiger partial charge < -0.3 is 9.74 Å². The van der Waals surface area contributed by atoms with E-state index in [0.29, 0.717) is 17.2 Å². The summed E-state index contributed by atoms with van der Waals surface area (Å²) in [7, 11) is 0.477. The Kier molecular flexibility index (Phi) is 4.61. The number of hydrogen-bond donors (Lipinski definition) is 1. The quantitative estimate of drug-likeness (QED) is 0.766. The zero-order valence-electron chi connectivity index (χ0n) is 11.9. The zero-order chi connectivity index (χ0) is 12.4. The van der Waals surface area contributed by atoms with Gasteiger partial charge in [-0.1, -0.05) is 33.6 Å². The van der Waals surface area contributed by atoms with Crippen molar-refractivity contribution in [1.82, 2.24) is 5.32 Å². The molecule has 1 saturated carbocycles. The average Bonchev–Trinajstić information content (AvgIpc) is 2.16. The highest BCUT2D eigenvalue weighted by Crippen LogP contribution is 2.39. The van der Waals surface area contributed by atoms with Crippen LogP contribution in [-0.2, 0) is 4.43 Å². The van der Waals surface area contributed by atoms with Crippen LogP contribution in [-0.4, -0.2) is 27.5 Å². The van der Waals surface area contributed by atoms with E-state index in [9.17, 15) is 0 Å². The Bertz CT molecular complexity index is 222. The molecule has 0 aromatic carbocycles. The molecule has 0 bridgehead atoms. The van der Waals surface area contributed by atoms with Crippen molar-refractivity contribution in [2.75, 3.05) is 7.05 Å². The minimum absolute atomic E-state index is 0.322. The first-order valence-electron chi connectivity index (χ1n) is 6.63. The normalized spacial score (nSPS) is 28.1. The lowest BCUT2D eigenvalue weighted by atomic mass is 9.93. The first-order valence-corrected chi connectivity index (χ1v) is 9.54. The van der Waals surface area contributed by atoms with E-state index in [1.165, 1.54) is 25.7 Å². The van der Waals surface area contributed by atoms with Crippen LogP contribution in [0.5, 0.6) is 0 Å². The second kappa shape index (κ2) is 5.19. The van der Waals surface area contributed by atoms with Crippen LogP contribution in [0, 0.1) is 0 Å². The highest BCUT2D eigenvalue weighted by atomic mass is 28.4. The molecule has 0 aromatic rings. The Labute approximate surface area is 102 Å². The molecular formula is C13H29NOSi. The molecule has 3 heteroatoms. The molecule has 1 aliphatic carbocycles. The van der Waals surface area contributed by atoms with E-state index in [-0.39, 0.29) is 0 Å². The number of rotatable bonds is 3. The molecule has 96 valence electrons. The van der Waals surface area contributed by atoms with Gasteiger partial charge in [-0.2, -0.15) is 0 Å². The van der Waals surface area contributed by atoms with Crippen molar-refractivity contribution < 1.29 is 4.43 Å². The molecule has 0 heterocycles. The summed E-state index contributed by atoms with van der Waals surface area (Å²) in [6, 6.07) is 0.572. The third-order valence-corrected chi connectivity index (χ3v) is 8.83. The third kappa shape index (κ3) is 3.31. The molecular weight excluding hydrogens is 214 g/mol. The van der Waals surface area contributed by atoms with Crippen molar-refractivity contribution in [1.29, 1.82) is 0 Å². The van der Waals surface area contributed by atoms with Gasteiger partial charge in [0.25, 0.3) is 0 Å². The van der Waals surface area contributed by atoms with E-state index in [1.54, 1.807) is 0 Å². The monoisotopic (exact) mass is 243 g/mol. The molecule has 0 amide bonds.